The van der Waals surface area contributed by atoms with Crippen molar-refractivity contribution in [1.29, 1.82) is 0 Å². The molecule has 0 saturated carbocycles. The van der Waals surface area contributed by atoms with Crippen LogP contribution in [0.3, 0.4) is 0 Å². The van der Waals surface area contributed by atoms with E-state index in [9.17, 15) is 14.9 Å². The molecule has 1 saturated heterocycles. The van der Waals surface area contributed by atoms with Crippen LogP contribution >= 0.6 is 11.9 Å². The minimum atomic E-state index is -0.424. The van der Waals surface area contributed by atoms with Crippen LogP contribution in [0.1, 0.15) is 30.7 Å². The van der Waals surface area contributed by atoms with E-state index in [1.807, 2.05) is 30.3 Å². The summed E-state index contributed by atoms with van der Waals surface area (Å²) in [5, 5.41) is 11.4. The summed E-state index contributed by atoms with van der Waals surface area (Å²) < 4.78 is 7.21. The van der Waals surface area contributed by atoms with E-state index in [-0.39, 0.29) is 22.6 Å². The molecule has 2 aromatic rings. The second kappa shape index (κ2) is 9.01. The second-order valence-corrected chi connectivity index (χ2v) is 7.52. The number of hydrogen-bond donors (Lipinski definition) is 0. The van der Waals surface area contributed by atoms with E-state index in [0.717, 1.165) is 31.4 Å². The van der Waals surface area contributed by atoms with Crippen LogP contribution in [0.5, 0.6) is 0 Å². The average Bonchev–Trinajstić information content (AvgIpc) is 2.70. The first-order valence-electron chi connectivity index (χ1n) is 8.92. The highest BCUT2D eigenvalue weighted by Crippen LogP contribution is 2.40. The maximum absolute atomic E-state index is 12.6. The second-order valence-electron chi connectivity index (χ2n) is 6.43. The molecule has 1 heterocycles. The van der Waals surface area contributed by atoms with Crippen LogP contribution in [0.15, 0.2) is 59.5 Å². The number of ether oxygens (including phenoxy) is 1. The van der Waals surface area contributed by atoms with Gasteiger partial charge in [0.25, 0.3) is 5.69 Å². The molecule has 1 fully saturated rings. The number of methoxy groups -OCH3 is 1. The van der Waals surface area contributed by atoms with Gasteiger partial charge >= 0.3 is 5.97 Å². The topological polar surface area (TPSA) is 72.7 Å². The van der Waals surface area contributed by atoms with Crippen molar-refractivity contribution in [3.05, 3.63) is 70.3 Å². The number of esters is 1. The molecule has 2 atom stereocenters. The van der Waals surface area contributed by atoms with E-state index in [2.05, 4.69) is 4.31 Å². The maximum Gasteiger partial charge on any atom is 0.314 e. The quantitative estimate of drug-likeness (QED) is 0.317. The van der Waals surface area contributed by atoms with Gasteiger partial charge in [-0.05, 0) is 36.4 Å². The Labute approximate surface area is 162 Å². The van der Waals surface area contributed by atoms with Crippen LogP contribution in [0.25, 0.3) is 0 Å². The third-order valence-electron chi connectivity index (χ3n) is 4.77. The first-order valence-corrected chi connectivity index (χ1v) is 9.70. The van der Waals surface area contributed by atoms with Crippen molar-refractivity contribution < 1.29 is 14.5 Å². The van der Waals surface area contributed by atoms with Crippen LogP contribution in [0, 0.1) is 10.1 Å². The molecule has 1 aliphatic rings. The molecule has 2 aromatic carbocycles. The van der Waals surface area contributed by atoms with Gasteiger partial charge in [-0.25, -0.2) is 4.31 Å². The SMILES string of the molecule is [11CH3]OC(=O)C(c1ccccc1)C1CCCCN1Sc1ccccc1[N+](=O)[O-]. The van der Waals surface area contributed by atoms with E-state index >= 15 is 0 Å². The lowest BCUT2D eigenvalue weighted by molar-refractivity contribution is -0.387. The van der Waals surface area contributed by atoms with Crippen LogP contribution in [-0.4, -0.2) is 34.9 Å². The molecule has 6 nitrogen and oxygen atoms in total. The molecule has 0 aliphatic carbocycles. The first kappa shape index (κ1) is 19.4. The lowest BCUT2D eigenvalue weighted by Gasteiger charge is -2.38. The molecule has 7 heteroatoms. The Morgan fingerprint density at radius 3 is 2.59 bits per heavy atom. The molecule has 142 valence electrons. The first-order chi connectivity index (χ1) is 13.1. The van der Waals surface area contributed by atoms with E-state index in [1.165, 1.54) is 25.1 Å². The van der Waals surface area contributed by atoms with E-state index in [0.29, 0.717) is 4.90 Å². The highest BCUT2D eigenvalue weighted by Gasteiger charge is 2.37. The van der Waals surface area contributed by atoms with Crippen molar-refractivity contribution in [2.75, 3.05) is 13.7 Å². The largest absolute Gasteiger partial charge is 0.469 e. The van der Waals surface area contributed by atoms with E-state index in [4.69, 9.17) is 4.74 Å². The van der Waals surface area contributed by atoms with Gasteiger partial charge < -0.3 is 4.74 Å². The number of carbonyl (C=O) groups excluding carboxylic acids is 1. The molecule has 0 radical (unpaired) electrons. The zero-order valence-electron chi connectivity index (χ0n) is 15.1. The average molecular weight is 385 g/mol. The number of hydrogen-bond acceptors (Lipinski definition) is 6. The Bertz CT molecular complexity index is 800. The van der Waals surface area contributed by atoms with Gasteiger partial charge in [0.1, 0.15) is 4.90 Å². The Kier molecular flexibility index (Phi) is 6.47. The number of nitrogens with zero attached hydrogens (tertiary/aromatic N) is 2. The summed E-state index contributed by atoms with van der Waals surface area (Å²) in [5.74, 6) is -0.701. The fraction of sp³-hybridized carbons (Fsp3) is 0.350. The Balaban J connectivity index is 1.92. The van der Waals surface area contributed by atoms with Gasteiger partial charge in [-0.1, -0.05) is 48.9 Å². The van der Waals surface area contributed by atoms with Crippen molar-refractivity contribution in [3.8, 4) is 0 Å². The number of nitro benzene ring substituents is 1. The summed E-state index contributed by atoms with van der Waals surface area (Å²) in [6.45, 7) is 0.766. The molecule has 3 rings (SSSR count). The summed E-state index contributed by atoms with van der Waals surface area (Å²) in [7, 11) is 1.40. The molecule has 0 spiro atoms. The van der Waals surface area contributed by atoms with Crippen molar-refractivity contribution in [3.63, 3.8) is 0 Å². The van der Waals surface area contributed by atoms with Gasteiger partial charge in [-0.3, -0.25) is 14.9 Å². The zero-order chi connectivity index (χ0) is 19.2. The molecule has 0 bridgehead atoms. The van der Waals surface area contributed by atoms with Gasteiger partial charge in [0.2, 0.25) is 0 Å². The summed E-state index contributed by atoms with van der Waals surface area (Å²) >= 11 is 1.36. The van der Waals surface area contributed by atoms with Crippen LogP contribution in [0.2, 0.25) is 0 Å². The third-order valence-corrected chi connectivity index (χ3v) is 6.00. The molecular formula is C20H22N2O4S. The number of benzene rings is 2. The van der Waals surface area contributed by atoms with E-state index < -0.39 is 5.92 Å². The van der Waals surface area contributed by atoms with Crippen LogP contribution < -0.4 is 0 Å². The fourth-order valence-electron chi connectivity index (χ4n) is 3.49. The molecule has 1 aliphatic heterocycles. The van der Waals surface area contributed by atoms with Crippen molar-refractivity contribution in [2.24, 2.45) is 0 Å². The number of nitro groups is 1. The van der Waals surface area contributed by atoms with Crippen molar-refractivity contribution in [2.45, 2.75) is 36.1 Å². The number of carbonyl (C=O) groups is 1. The molecular weight excluding hydrogens is 363 g/mol. The maximum atomic E-state index is 12.6. The Morgan fingerprint density at radius 2 is 1.89 bits per heavy atom. The highest BCUT2D eigenvalue weighted by atomic mass is 32.2. The summed E-state index contributed by atoms with van der Waals surface area (Å²) in [6.07, 6.45) is 2.84. The summed E-state index contributed by atoms with van der Waals surface area (Å²) in [6, 6.07) is 16.2. The number of piperidine rings is 1. The van der Waals surface area contributed by atoms with Crippen LogP contribution in [-0.2, 0) is 9.53 Å². The fourth-order valence-corrected chi connectivity index (χ4v) is 4.70. The lowest BCUT2D eigenvalue weighted by Crippen LogP contribution is -2.42. The molecule has 0 aromatic heterocycles. The molecule has 2 unspecified atom stereocenters. The lowest BCUT2D eigenvalue weighted by atomic mass is 9.86. The van der Waals surface area contributed by atoms with Crippen molar-refractivity contribution >= 4 is 23.6 Å². The zero-order valence-corrected chi connectivity index (χ0v) is 15.9. The normalized spacial score (nSPS) is 18.6. The third kappa shape index (κ3) is 4.48. The van der Waals surface area contributed by atoms with Gasteiger partial charge in [0.05, 0.1) is 18.0 Å². The monoisotopic (exact) mass is 385 g/mol. The smallest absolute Gasteiger partial charge is 0.314 e. The Morgan fingerprint density at radius 1 is 1.19 bits per heavy atom. The summed E-state index contributed by atoms with van der Waals surface area (Å²) in [5.41, 5.74) is 0.991. The predicted octanol–water partition coefficient (Wildman–Crippen LogP) is 4.41. The van der Waals surface area contributed by atoms with Crippen molar-refractivity contribution in [1.82, 2.24) is 4.31 Å². The van der Waals surface area contributed by atoms with Crippen LogP contribution in [0.4, 0.5) is 5.69 Å². The van der Waals surface area contributed by atoms with Gasteiger partial charge in [0, 0.05) is 18.7 Å². The highest BCUT2D eigenvalue weighted by molar-refractivity contribution is 7.97. The Hall–Kier alpha value is -2.38. The van der Waals surface area contributed by atoms with E-state index in [1.54, 1.807) is 18.2 Å². The molecule has 0 amide bonds. The molecule has 27 heavy (non-hydrogen) atoms. The van der Waals surface area contributed by atoms with Gasteiger partial charge in [0.15, 0.2) is 0 Å². The summed E-state index contributed by atoms with van der Waals surface area (Å²) in [4.78, 5) is 24.2. The van der Waals surface area contributed by atoms with Gasteiger partial charge in [-0.15, -0.1) is 0 Å². The predicted molar refractivity (Wildman–Crippen MR) is 104 cm³/mol. The number of rotatable bonds is 6. The van der Waals surface area contributed by atoms with Gasteiger partial charge in [-0.2, -0.15) is 0 Å². The number of para-hydroxylation sites is 1. The standard InChI is InChI=1S/C20H22N2O4S/c1-26-20(23)19(15-9-3-2-4-10-15)17-12-7-8-14-21(17)27-18-13-6-5-11-16(18)22(24)25/h2-6,9-11,13,17,19H,7-8,12,14H2,1H3/i1-1. The molecule has 0 N–H and O–H groups in total. The minimum absolute atomic E-state index is 0.0844. The minimum Gasteiger partial charge on any atom is -0.469 e.